The number of benzene rings is 3. The average molecular weight is 509 g/mol. The van der Waals surface area contributed by atoms with Gasteiger partial charge in [0.05, 0.1) is 5.75 Å². The first-order chi connectivity index (χ1) is 16.8. The van der Waals surface area contributed by atoms with E-state index in [0.29, 0.717) is 18.0 Å². The molecule has 3 aromatic rings. The van der Waals surface area contributed by atoms with Gasteiger partial charge in [-0.3, -0.25) is 9.59 Å². The zero-order valence-corrected chi connectivity index (χ0v) is 22.1. The molecule has 0 saturated carbocycles. The Morgan fingerprint density at radius 1 is 0.914 bits per heavy atom. The van der Waals surface area contributed by atoms with Crippen LogP contribution in [0.4, 0.5) is 0 Å². The molecule has 184 valence electrons. The van der Waals surface area contributed by atoms with Crippen LogP contribution in [0.2, 0.25) is 5.02 Å². The largest absolute Gasteiger partial charge is 0.352 e. The van der Waals surface area contributed by atoms with Crippen molar-refractivity contribution in [1.29, 1.82) is 0 Å². The van der Waals surface area contributed by atoms with E-state index in [0.717, 1.165) is 16.9 Å². The molecule has 0 saturated heterocycles. The Hall–Kier alpha value is -2.76. The highest BCUT2D eigenvalue weighted by Gasteiger charge is 2.30. The molecule has 6 heteroatoms. The predicted octanol–water partition coefficient (Wildman–Crippen LogP) is 6.05. The number of thioether (sulfide) groups is 1. The SMILES string of the molecule is Cc1ccc(CSCC(=O)N(Cc2cccc(Cl)c2)C(Cc2ccccc2)C(=O)NC(C)C)cc1. The molecule has 0 aliphatic rings. The van der Waals surface area contributed by atoms with Gasteiger partial charge >= 0.3 is 0 Å². The van der Waals surface area contributed by atoms with Crippen LogP contribution in [-0.4, -0.2) is 34.6 Å². The minimum Gasteiger partial charge on any atom is -0.352 e. The Morgan fingerprint density at radius 3 is 2.26 bits per heavy atom. The second-order valence-electron chi connectivity index (χ2n) is 9.00. The standard InChI is InChI=1S/C29H33ClN2O2S/c1-21(2)31-29(34)27(17-23-8-5-4-6-9-23)32(18-25-10-7-11-26(30)16-25)28(33)20-35-19-24-14-12-22(3)13-15-24/h4-16,21,27H,17-20H2,1-3H3,(H,31,34). The molecule has 3 aromatic carbocycles. The fraction of sp³-hybridized carbons (Fsp3) is 0.310. The molecule has 1 atom stereocenters. The van der Waals surface area contributed by atoms with Crippen molar-refractivity contribution in [1.82, 2.24) is 10.2 Å². The average Bonchev–Trinajstić information content (AvgIpc) is 2.82. The lowest BCUT2D eigenvalue weighted by molar-refractivity contribution is -0.139. The zero-order valence-electron chi connectivity index (χ0n) is 20.5. The molecule has 3 rings (SSSR count). The molecule has 4 nitrogen and oxygen atoms in total. The summed E-state index contributed by atoms with van der Waals surface area (Å²) in [6, 6.07) is 25.0. The smallest absolute Gasteiger partial charge is 0.243 e. The molecule has 2 amide bonds. The fourth-order valence-electron chi connectivity index (χ4n) is 3.79. The predicted molar refractivity (Wildman–Crippen MR) is 147 cm³/mol. The van der Waals surface area contributed by atoms with Gasteiger partial charge in [0.2, 0.25) is 11.8 Å². The molecule has 0 aliphatic carbocycles. The molecule has 0 spiro atoms. The normalized spacial score (nSPS) is 11.8. The summed E-state index contributed by atoms with van der Waals surface area (Å²) in [4.78, 5) is 28.6. The van der Waals surface area contributed by atoms with E-state index in [1.54, 1.807) is 16.7 Å². The minimum absolute atomic E-state index is 0.0280. The summed E-state index contributed by atoms with van der Waals surface area (Å²) in [7, 11) is 0. The van der Waals surface area contributed by atoms with Crippen molar-refractivity contribution >= 4 is 35.2 Å². The lowest BCUT2D eigenvalue weighted by atomic mass is 10.0. The summed E-state index contributed by atoms with van der Waals surface area (Å²) in [5, 5.41) is 3.62. The monoisotopic (exact) mass is 508 g/mol. The van der Waals surface area contributed by atoms with Crippen molar-refractivity contribution in [2.75, 3.05) is 5.75 Å². The number of amides is 2. The van der Waals surface area contributed by atoms with Crippen molar-refractivity contribution < 1.29 is 9.59 Å². The van der Waals surface area contributed by atoms with Gasteiger partial charge < -0.3 is 10.2 Å². The lowest BCUT2D eigenvalue weighted by Gasteiger charge is -2.32. The fourth-order valence-corrected chi connectivity index (χ4v) is 4.87. The minimum atomic E-state index is -0.633. The Morgan fingerprint density at radius 2 is 1.60 bits per heavy atom. The van der Waals surface area contributed by atoms with E-state index >= 15 is 0 Å². The van der Waals surface area contributed by atoms with Crippen molar-refractivity contribution in [2.45, 2.75) is 51.6 Å². The van der Waals surface area contributed by atoms with Gasteiger partial charge in [-0.1, -0.05) is 83.9 Å². The van der Waals surface area contributed by atoms with E-state index < -0.39 is 6.04 Å². The molecule has 0 aliphatic heterocycles. The summed E-state index contributed by atoms with van der Waals surface area (Å²) < 4.78 is 0. The molecule has 0 aromatic heterocycles. The van der Waals surface area contributed by atoms with Crippen molar-refractivity contribution in [3.63, 3.8) is 0 Å². The number of nitrogens with zero attached hydrogens (tertiary/aromatic N) is 1. The molecule has 1 unspecified atom stereocenters. The Balaban J connectivity index is 1.84. The zero-order chi connectivity index (χ0) is 25.2. The van der Waals surface area contributed by atoms with E-state index in [1.807, 2.05) is 68.4 Å². The quantitative estimate of drug-likeness (QED) is 0.343. The van der Waals surface area contributed by atoms with E-state index in [-0.39, 0.29) is 23.6 Å². The maximum atomic E-state index is 13.6. The number of hydrogen-bond donors (Lipinski definition) is 1. The van der Waals surface area contributed by atoms with E-state index in [9.17, 15) is 9.59 Å². The van der Waals surface area contributed by atoms with Gasteiger partial charge in [-0.15, -0.1) is 11.8 Å². The number of rotatable bonds is 11. The highest BCUT2D eigenvalue weighted by molar-refractivity contribution is 7.99. The second kappa shape index (κ2) is 13.4. The molecular formula is C29H33ClN2O2S. The Bertz CT molecular complexity index is 1100. The van der Waals surface area contributed by atoms with E-state index in [2.05, 4.69) is 36.5 Å². The van der Waals surface area contributed by atoms with Gasteiger partial charge in [0.15, 0.2) is 0 Å². The third-order valence-corrected chi connectivity index (χ3v) is 6.78. The molecular weight excluding hydrogens is 476 g/mol. The Labute approximate surface area is 218 Å². The molecule has 35 heavy (non-hydrogen) atoms. The van der Waals surface area contributed by atoms with Crippen molar-refractivity contribution in [3.05, 3.63) is 106 Å². The first-order valence-electron chi connectivity index (χ1n) is 11.8. The van der Waals surface area contributed by atoms with Crippen LogP contribution in [0.3, 0.4) is 0 Å². The van der Waals surface area contributed by atoms with Crippen LogP contribution in [0.15, 0.2) is 78.9 Å². The highest BCUT2D eigenvalue weighted by atomic mass is 35.5. The van der Waals surface area contributed by atoms with Gasteiger partial charge in [0, 0.05) is 29.8 Å². The van der Waals surface area contributed by atoms with Crippen LogP contribution in [0.1, 0.15) is 36.1 Å². The van der Waals surface area contributed by atoms with Gasteiger partial charge in [-0.25, -0.2) is 0 Å². The van der Waals surface area contributed by atoms with Crippen LogP contribution >= 0.6 is 23.4 Å². The van der Waals surface area contributed by atoms with Gasteiger partial charge in [-0.2, -0.15) is 0 Å². The summed E-state index contributed by atoms with van der Waals surface area (Å²) in [5.41, 5.74) is 4.29. The van der Waals surface area contributed by atoms with Crippen LogP contribution in [0.25, 0.3) is 0 Å². The van der Waals surface area contributed by atoms with Crippen LogP contribution in [0.5, 0.6) is 0 Å². The third kappa shape index (κ3) is 8.75. The summed E-state index contributed by atoms with van der Waals surface area (Å²) >= 11 is 7.79. The van der Waals surface area contributed by atoms with Crippen LogP contribution in [-0.2, 0) is 28.3 Å². The van der Waals surface area contributed by atoms with Crippen LogP contribution < -0.4 is 5.32 Å². The highest BCUT2D eigenvalue weighted by Crippen LogP contribution is 2.20. The number of nitrogens with one attached hydrogen (secondary N) is 1. The first-order valence-corrected chi connectivity index (χ1v) is 13.4. The number of halogens is 1. The van der Waals surface area contributed by atoms with Gasteiger partial charge in [-0.05, 0) is 49.6 Å². The van der Waals surface area contributed by atoms with Crippen LogP contribution in [0, 0.1) is 6.92 Å². The van der Waals surface area contributed by atoms with E-state index in [1.165, 1.54) is 11.1 Å². The van der Waals surface area contributed by atoms with Crippen molar-refractivity contribution in [2.24, 2.45) is 0 Å². The number of hydrogen-bond acceptors (Lipinski definition) is 3. The molecule has 0 bridgehead atoms. The molecule has 0 radical (unpaired) electrons. The van der Waals surface area contributed by atoms with E-state index in [4.69, 9.17) is 11.6 Å². The molecule has 0 fully saturated rings. The maximum Gasteiger partial charge on any atom is 0.243 e. The summed E-state index contributed by atoms with van der Waals surface area (Å²) in [6.45, 7) is 6.23. The number of carbonyl (C=O) groups is 2. The summed E-state index contributed by atoms with van der Waals surface area (Å²) in [6.07, 6.45) is 0.439. The first kappa shape index (κ1) is 26.8. The third-order valence-electron chi connectivity index (χ3n) is 5.56. The topological polar surface area (TPSA) is 49.4 Å². The number of aryl methyl sites for hydroxylation is 1. The Kier molecular flexibility index (Phi) is 10.2. The molecule has 0 heterocycles. The van der Waals surface area contributed by atoms with Gasteiger partial charge in [0.1, 0.15) is 6.04 Å². The molecule has 1 N–H and O–H groups in total. The van der Waals surface area contributed by atoms with Crippen molar-refractivity contribution in [3.8, 4) is 0 Å². The lowest BCUT2D eigenvalue weighted by Crippen LogP contribution is -2.52. The number of carbonyl (C=O) groups excluding carboxylic acids is 2. The second-order valence-corrected chi connectivity index (χ2v) is 10.4. The maximum absolute atomic E-state index is 13.6. The van der Waals surface area contributed by atoms with Gasteiger partial charge in [0.25, 0.3) is 0 Å². The summed E-state index contributed by atoms with van der Waals surface area (Å²) in [5.74, 6) is 0.803.